The van der Waals surface area contributed by atoms with Crippen LogP contribution in [0.1, 0.15) is 253 Å². The first kappa shape index (κ1) is 117. The molecule has 800 valence electrons. The number of likely N-dealkylation sites (tertiary alicyclic amines) is 4. The Balaban J connectivity index is 0.000000176. The lowest BCUT2D eigenvalue weighted by molar-refractivity contribution is 0.0854. The van der Waals surface area contributed by atoms with E-state index in [1.54, 1.807) is 62.0 Å². The van der Waals surface area contributed by atoms with Crippen LogP contribution in [0.25, 0.3) is 112 Å². The van der Waals surface area contributed by atoms with E-state index >= 15 is 0 Å². The number of nitrogens with zero attached hydrogens (tertiary/aromatic N) is 17. The number of carbonyl (C=O) groups excluding carboxylic acids is 5. The molecule has 8 N–H and O–H groups in total. The van der Waals surface area contributed by atoms with Crippen LogP contribution in [0.2, 0.25) is 0 Å². The van der Waals surface area contributed by atoms with Crippen LogP contribution in [-0.4, -0.2) is 278 Å². The summed E-state index contributed by atoms with van der Waals surface area (Å²) in [5.74, 6) is 0.673. The Morgan fingerprint density at radius 3 is 0.887 bits per heavy atom. The van der Waals surface area contributed by atoms with Crippen LogP contribution in [-0.2, 0) is 32.7 Å². The van der Waals surface area contributed by atoms with Gasteiger partial charge in [-0.15, -0.1) is 0 Å². The van der Waals surface area contributed by atoms with Gasteiger partial charge in [-0.05, 0) is 130 Å². The Morgan fingerprint density at radius 1 is 0.340 bits per heavy atom. The zero-order chi connectivity index (χ0) is 103. The number of H-pyrrole nitrogens is 5. The molecule has 3 unspecified atom stereocenters. The molecule has 0 saturated carbocycles. The number of aromatic amines is 5. The van der Waals surface area contributed by atoms with E-state index in [1.165, 1.54) is 34.2 Å². The Bertz CT molecular complexity index is 6980. The molecule has 5 saturated heterocycles. The maximum atomic E-state index is 12.8. The van der Waals surface area contributed by atoms with Crippen molar-refractivity contribution in [2.24, 2.45) is 33.0 Å². The molecular weight excluding hydrogens is 1880 g/mol. The SMILES string of the molecule is C.C.C.C.C.CC(C)(C)C(=O)c1c[nH]c2ncc(-c3cccc(CN4CCC(CO)C4)c3)nc12.CC(C)(C)C(=O)c1c[nH]c2ncc(-c3cccc(CN4CCC(O)C4)c3)nc12.CC(C)(C)C(=O)c1c[nH]c2ncc(-c3cccc(CN4CCC[C@H]4CO)c3)nc12.CN(C)C1CCN(Cc2cccc(-c3cnc4[nH]cc(C(=O)C(C)(C)C)c4n3)c2)C1.CN1CCN(Cc2cccc(-c3cnc4[nH]cc(C(=O)C(C)(C)C)c4n3)c2)CC1. The third-order valence-electron chi connectivity index (χ3n) is 27.8. The van der Waals surface area contributed by atoms with E-state index in [9.17, 15) is 39.3 Å². The number of likely N-dealkylation sites (N-methyl/N-ethyl adjacent to an activating group) is 2. The summed E-state index contributed by atoms with van der Waals surface area (Å²) in [5.41, 5.74) is 21.9. The van der Waals surface area contributed by atoms with Gasteiger partial charge in [-0.25, -0.2) is 49.8 Å². The lowest BCUT2D eigenvalue weighted by Crippen LogP contribution is -2.43. The van der Waals surface area contributed by atoms with Crippen LogP contribution in [0, 0.1) is 33.0 Å². The maximum Gasteiger partial charge on any atom is 0.171 e. The highest BCUT2D eigenvalue weighted by Crippen LogP contribution is 2.37. The van der Waals surface area contributed by atoms with Gasteiger partial charge in [0.1, 0.15) is 27.6 Å². The number of benzene rings is 5. The normalized spacial score (nSPS) is 17.0. The summed E-state index contributed by atoms with van der Waals surface area (Å²) in [4.78, 5) is 142. The maximum absolute atomic E-state index is 12.8. The lowest BCUT2D eigenvalue weighted by atomic mass is 9.87. The van der Waals surface area contributed by atoms with Crippen molar-refractivity contribution in [3.05, 3.63) is 239 Å². The minimum absolute atomic E-state index is 0. The molecule has 150 heavy (non-hydrogen) atoms. The molecule has 5 fully saturated rings. The van der Waals surface area contributed by atoms with Gasteiger partial charge in [0.2, 0.25) is 0 Å². The number of hydrogen-bond donors (Lipinski definition) is 8. The van der Waals surface area contributed by atoms with Gasteiger partial charge in [-0.2, -0.15) is 0 Å². The van der Waals surface area contributed by atoms with Gasteiger partial charge >= 0.3 is 0 Å². The summed E-state index contributed by atoms with van der Waals surface area (Å²) >= 11 is 0. The van der Waals surface area contributed by atoms with Crippen molar-refractivity contribution in [2.75, 3.05) is 106 Å². The average Bonchev–Trinajstić information content (AvgIpc) is 1.65. The number of β-amino-alcohol motifs (C(OH)–C–C–N with tert-alkyl or cyclic N) is 1. The smallest absolute Gasteiger partial charge is 0.171 e. The number of aliphatic hydroxyl groups is 3. The summed E-state index contributed by atoms with van der Waals surface area (Å²) in [5, 5.41) is 28.6. The Labute approximate surface area is 886 Å². The molecule has 30 heteroatoms. The molecule has 0 bridgehead atoms. The standard InChI is InChI=1S/C24H31N5O.C23H29N5O.2C23H28N4O2.C22H26N4O2.5CH4/c1-24(2,3)22(30)19-12-25-23-21(19)27-20(13-26-23)17-8-6-7-16(11-17)14-29-10-9-18(15-29)28(4)5;1-23(2,3)21(29)18-13-24-22-20(18)26-19(14-25-22)17-7-5-6-16(12-17)15-28-10-8-27(4)9-11-28;1-23(2,3)21(29)18-11-24-22-20(18)26-19(12-25-22)16-7-4-6-15(10-16)13-27-9-5-8-17(27)14-28;1-23(2,3)21(29)18-10-24-22-20(18)26-19(11-25-22)17-6-4-5-15(9-17)12-27-8-7-16(13-27)14-28;1-22(2,3)20(28)17-10-23-21-19(17)25-18(11-24-21)15-6-4-5-14(9-15)12-26-8-7-16(27)13-26;;;;;/h6-8,11-13,18H,9-10,14-15H2,1-5H3,(H,25,26);5-7,12-14H,8-11,15H2,1-4H3,(H,24,25);4,6-7,10-12,17,28H,5,8-9,13-14H2,1-3H3,(H,24,25);4-6,9-11,16,28H,7-8,12-14H2,1-3H3,(H,24,25);4-6,9-11,16,27H,7-8,12-13H2,1-3H3,(H,23,24);5*1H4/t;;17-;;;;;;;/m..0......./s1. The molecule has 5 aromatic carbocycles. The van der Waals surface area contributed by atoms with Crippen molar-refractivity contribution < 1.29 is 39.3 Å². The number of carbonyl (C=O) groups is 5. The van der Waals surface area contributed by atoms with E-state index in [-0.39, 0.29) is 91.4 Å². The topological polar surface area (TPSA) is 377 Å². The van der Waals surface area contributed by atoms with Crippen molar-refractivity contribution >= 4 is 84.7 Å². The number of Topliss-reactive ketones (excluding diaryl/α,β-unsaturated/α-hetero) is 5. The number of rotatable bonds is 23. The third-order valence-corrected chi connectivity index (χ3v) is 27.8. The number of hydrogen-bond acceptors (Lipinski definition) is 25. The lowest BCUT2D eigenvalue weighted by Gasteiger charge is -2.32. The number of ketones is 5. The fourth-order valence-electron chi connectivity index (χ4n) is 19.3. The number of fused-ring (bicyclic) bond motifs is 5. The Kier molecular flexibility index (Phi) is 39.1. The molecule has 0 aliphatic carbocycles. The average molecular weight is 2040 g/mol. The first-order valence-electron chi connectivity index (χ1n) is 50.9. The second kappa shape index (κ2) is 49.9. The number of aromatic nitrogens is 15. The predicted molar refractivity (Wildman–Crippen MR) is 606 cm³/mol. The van der Waals surface area contributed by atoms with Gasteiger partial charge < -0.3 is 50.0 Å². The zero-order valence-electron chi connectivity index (χ0n) is 87.4. The quantitative estimate of drug-likeness (QED) is 0.0276. The van der Waals surface area contributed by atoms with Crippen LogP contribution < -0.4 is 0 Å². The fraction of sp³-hybridized carbons (Fsp3) is 0.458. The van der Waals surface area contributed by atoms with Crippen LogP contribution >= 0.6 is 0 Å². The van der Waals surface area contributed by atoms with Gasteiger partial charge in [-0.1, -0.05) is 232 Å². The van der Waals surface area contributed by atoms with Gasteiger partial charge in [0, 0.05) is 196 Å². The van der Waals surface area contributed by atoms with Crippen molar-refractivity contribution in [3.8, 4) is 56.3 Å². The molecule has 10 aromatic heterocycles. The largest absolute Gasteiger partial charge is 0.396 e. The third kappa shape index (κ3) is 28.5. The molecule has 15 heterocycles. The van der Waals surface area contributed by atoms with E-state index in [4.69, 9.17) is 24.9 Å². The van der Waals surface area contributed by atoms with Crippen LogP contribution in [0.4, 0.5) is 0 Å². The molecule has 5 aliphatic heterocycles. The summed E-state index contributed by atoms with van der Waals surface area (Å²) < 4.78 is 0. The summed E-state index contributed by atoms with van der Waals surface area (Å²) in [7, 11) is 6.49. The van der Waals surface area contributed by atoms with Crippen molar-refractivity contribution in [2.45, 2.75) is 224 Å². The summed E-state index contributed by atoms with van der Waals surface area (Å²) in [6.45, 7) is 44.8. The fourth-order valence-corrected chi connectivity index (χ4v) is 19.3. The zero-order valence-corrected chi connectivity index (χ0v) is 87.4. The van der Waals surface area contributed by atoms with Gasteiger partial charge in [0.05, 0.1) is 100.0 Å². The van der Waals surface area contributed by atoms with Crippen LogP contribution in [0.5, 0.6) is 0 Å². The number of piperazine rings is 1. The van der Waals surface area contributed by atoms with Gasteiger partial charge in [0.15, 0.2) is 57.2 Å². The summed E-state index contributed by atoms with van der Waals surface area (Å²) in [6, 6.07) is 42.7. The van der Waals surface area contributed by atoms with Crippen LogP contribution in [0.3, 0.4) is 0 Å². The van der Waals surface area contributed by atoms with E-state index in [0.717, 1.165) is 187 Å². The monoisotopic (exact) mass is 2040 g/mol. The van der Waals surface area contributed by atoms with E-state index in [2.05, 4.69) is 190 Å². The number of aliphatic hydroxyl groups excluding tert-OH is 3. The summed E-state index contributed by atoms with van der Waals surface area (Å²) in [6.07, 6.45) is 22.4. The second-order valence-electron chi connectivity index (χ2n) is 45.1. The highest BCUT2D eigenvalue weighted by atomic mass is 16.3. The van der Waals surface area contributed by atoms with Crippen molar-refractivity contribution in [3.63, 3.8) is 0 Å². The number of nitrogens with one attached hydrogen (secondary N) is 5. The van der Waals surface area contributed by atoms with Crippen LogP contribution in [0.15, 0.2) is 183 Å². The van der Waals surface area contributed by atoms with E-state index < -0.39 is 27.1 Å². The highest BCUT2D eigenvalue weighted by Gasteiger charge is 2.35. The van der Waals surface area contributed by atoms with Gasteiger partial charge in [-0.3, -0.25) is 48.5 Å². The van der Waals surface area contributed by atoms with Crippen molar-refractivity contribution in [1.29, 1.82) is 0 Å². The Morgan fingerprint density at radius 2 is 0.620 bits per heavy atom. The van der Waals surface area contributed by atoms with Crippen molar-refractivity contribution in [1.82, 2.24) is 109 Å². The first-order valence-corrected chi connectivity index (χ1v) is 50.9. The molecule has 5 aliphatic rings. The molecule has 15 aromatic rings. The minimum atomic E-state index is -0.480. The van der Waals surface area contributed by atoms with E-state index in [1.807, 2.05) is 140 Å². The minimum Gasteiger partial charge on any atom is -0.396 e. The molecule has 4 atom stereocenters. The Hall–Kier alpha value is -12.9. The first-order chi connectivity index (χ1) is 69.0. The molecule has 20 rings (SSSR count). The predicted octanol–water partition coefficient (Wildman–Crippen LogP) is 21.7. The second-order valence-corrected chi connectivity index (χ2v) is 45.1. The molecule has 30 nitrogen and oxygen atoms in total. The molecule has 0 radical (unpaired) electrons. The molecular formula is C120H162N22O8. The van der Waals surface area contributed by atoms with Gasteiger partial charge in [0.25, 0.3) is 0 Å². The molecule has 0 amide bonds. The molecule has 0 spiro atoms. The van der Waals surface area contributed by atoms with E-state index in [0.29, 0.717) is 95.6 Å². The highest BCUT2D eigenvalue weighted by molar-refractivity contribution is 6.12.